The van der Waals surface area contributed by atoms with Crippen LogP contribution in [0.25, 0.3) is 0 Å². The molecule has 5 heteroatoms. The molecule has 1 heterocycles. The molecule has 0 bridgehead atoms. The van der Waals surface area contributed by atoms with Crippen LogP contribution in [0.5, 0.6) is 0 Å². The number of hydrogen-bond acceptors (Lipinski definition) is 4. The summed E-state index contributed by atoms with van der Waals surface area (Å²) in [5, 5.41) is 3.12. The Kier molecular flexibility index (Phi) is 4.36. The first kappa shape index (κ1) is 14.6. The largest absolute Gasteiger partial charge is 0.316 e. The molecule has 1 aliphatic heterocycles. The highest BCUT2D eigenvalue weighted by Gasteiger charge is 2.32. The van der Waals surface area contributed by atoms with Crippen molar-refractivity contribution in [1.82, 2.24) is 5.32 Å². The zero-order valence-corrected chi connectivity index (χ0v) is 11.9. The van der Waals surface area contributed by atoms with E-state index >= 15 is 0 Å². The van der Waals surface area contributed by atoms with E-state index in [1.54, 1.807) is 20.8 Å². The quantitative estimate of drug-likeness (QED) is 0.802. The first-order valence-corrected chi connectivity index (χ1v) is 7.76. The molecule has 1 N–H and O–H groups in total. The number of carbonyl (C=O) groups is 1. The second-order valence-electron chi connectivity index (χ2n) is 5.85. The van der Waals surface area contributed by atoms with E-state index in [9.17, 15) is 13.2 Å². The fourth-order valence-corrected chi connectivity index (χ4v) is 2.78. The lowest BCUT2D eigenvalue weighted by atomic mass is 9.85. The summed E-state index contributed by atoms with van der Waals surface area (Å²) >= 11 is 0. The highest BCUT2D eigenvalue weighted by atomic mass is 32.2. The maximum Gasteiger partial charge on any atom is 0.155 e. The van der Waals surface area contributed by atoms with E-state index in [0.29, 0.717) is 5.92 Å². The number of Topliss-reactive ketones (excluding diaryl/α,β-unsaturated/α-hetero) is 1. The summed E-state index contributed by atoms with van der Waals surface area (Å²) < 4.78 is 23.0. The molecule has 1 rings (SSSR count). The van der Waals surface area contributed by atoms with Gasteiger partial charge in [-0.2, -0.15) is 0 Å². The van der Waals surface area contributed by atoms with E-state index in [1.165, 1.54) is 0 Å². The molecule has 1 saturated heterocycles. The van der Waals surface area contributed by atoms with Crippen molar-refractivity contribution < 1.29 is 13.2 Å². The zero-order valence-electron chi connectivity index (χ0n) is 11.1. The van der Waals surface area contributed by atoms with E-state index in [2.05, 4.69) is 5.32 Å². The van der Waals surface area contributed by atoms with Gasteiger partial charge in [0.05, 0.1) is 10.5 Å². The fourth-order valence-electron chi connectivity index (χ4n) is 1.70. The van der Waals surface area contributed by atoms with Crippen LogP contribution in [0.2, 0.25) is 0 Å². The summed E-state index contributed by atoms with van der Waals surface area (Å²) in [5.41, 5.74) is 0. The molecule has 1 aliphatic rings. The van der Waals surface area contributed by atoms with Crippen molar-refractivity contribution in [3.05, 3.63) is 0 Å². The molecule has 0 spiro atoms. The van der Waals surface area contributed by atoms with E-state index in [-0.39, 0.29) is 23.9 Å². The van der Waals surface area contributed by atoms with Crippen LogP contribution < -0.4 is 5.32 Å². The number of rotatable bonds is 5. The Labute approximate surface area is 104 Å². The molecular formula is C12H23NO3S. The van der Waals surface area contributed by atoms with Crippen LogP contribution in [0.15, 0.2) is 0 Å². The number of ketones is 1. The standard InChI is InChI=1S/C12H23NO3S/c1-9(10-7-13-8-10)11(14)5-6-17(15,16)12(2,3)4/h9-10,13H,5-8H2,1-4H3. The monoisotopic (exact) mass is 261 g/mol. The number of sulfone groups is 1. The maximum absolute atomic E-state index is 11.9. The van der Waals surface area contributed by atoms with Crippen LogP contribution in [0.1, 0.15) is 34.1 Å². The maximum atomic E-state index is 11.9. The van der Waals surface area contributed by atoms with Gasteiger partial charge in [-0.3, -0.25) is 4.79 Å². The van der Waals surface area contributed by atoms with E-state index in [1.807, 2.05) is 6.92 Å². The van der Waals surface area contributed by atoms with Crippen molar-refractivity contribution >= 4 is 15.6 Å². The molecule has 1 fully saturated rings. The molecule has 0 aromatic heterocycles. The van der Waals surface area contributed by atoms with Gasteiger partial charge in [-0.25, -0.2) is 8.42 Å². The molecule has 0 aliphatic carbocycles. The lowest BCUT2D eigenvalue weighted by Gasteiger charge is -2.31. The summed E-state index contributed by atoms with van der Waals surface area (Å²) in [5.74, 6) is 0.412. The average molecular weight is 261 g/mol. The Morgan fingerprint density at radius 2 is 1.88 bits per heavy atom. The lowest BCUT2D eigenvalue weighted by Crippen LogP contribution is -2.47. The highest BCUT2D eigenvalue weighted by molar-refractivity contribution is 7.92. The molecule has 1 atom stereocenters. The van der Waals surface area contributed by atoms with Crippen molar-refractivity contribution in [2.24, 2.45) is 11.8 Å². The van der Waals surface area contributed by atoms with E-state index < -0.39 is 14.6 Å². The van der Waals surface area contributed by atoms with Gasteiger partial charge in [-0.1, -0.05) is 6.92 Å². The molecule has 17 heavy (non-hydrogen) atoms. The Morgan fingerprint density at radius 3 is 2.24 bits per heavy atom. The van der Waals surface area contributed by atoms with Gasteiger partial charge in [0.25, 0.3) is 0 Å². The van der Waals surface area contributed by atoms with Crippen LogP contribution in [0.4, 0.5) is 0 Å². The molecule has 1 unspecified atom stereocenters. The predicted octanol–water partition coefficient (Wildman–Crippen LogP) is 1.01. The third-order valence-corrected chi connectivity index (χ3v) is 6.19. The van der Waals surface area contributed by atoms with Gasteiger partial charge in [0, 0.05) is 12.3 Å². The van der Waals surface area contributed by atoms with Gasteiger partial charge in [-0.15, -0.1) is 0 Å². The Balaban J connectivity index is 2.48. The van der Waals surface area contributed by atoms with Crippen LogP contribution >= 0.6 is 0 Å². The van der Waals surface area contributed by atoms with Gasteiger partial charge in [-0.05, 0) is 39.8 Å². The summed E-state index contributed by atoms with van der Waals surface area (Å²) in [6.07, 6.45) is 0.150. The normalized spacial score (nSPS) is 19.8. The minimum Gasteiger partial charge on any atom is -0.316 e. The predicted molar refractivity (Wildman–Crippen MR) is 68.7 cm³/mol. The van der Waals surface area contributed by atoms with Crippen LogP contribution in [-0.4, -0.2) is 37.8 Å². The van der Waals surface area contributed by atoms with Crippen molar-refractivity contribution in [3.63, 3.8) is 0 Å². The molecule has 0 amide bonds. The van der Waals surface area contributed by atoms with Crippen LogP contribution in [-0.2, 0) is 14.6 Å². The Morgan fingerprint density at radius 1 is 1.35 bits per heavy atom. The number of hydrogen-bond donors (Lipinski definition) is 1. The topological polar surface area (TPSA) is 63.2 Å². The first-order chi connectivity index (χ1) is 7.65. The van der Waals surface area contributed by atoms with Gasteiger partial charge in [0.2, 0.25) is 0 Å². The Hall–Kier alpha value is -0.420. The van der Waals surface area contributed by atoms with Gasteiger partial charge < -0.3 is 5.32 Å². The summed E-state index contributed by atoms with van der Waals surface area (Å²) in [6.45, 7) is 8.67. The minimum absolute atomic E-state index is 0.0218. The minimum atomic E-state index is -3.18. The van der Waals surface area contributed by atoms with Crippen molar-refractivity contribution in [1.29, 1.82) is 0 Å². The van der Waals surface area contributed by atoms with E-state index in [0.717, 1.165) is 13.1 Å². The molecular weight excluding hydrogens is 238 g/mol. The third-order valence-electron chi connectivity index (χ3n) is 3.58. The highest BCUT2D eigenvalue weighted by Crippen LogP contribution is 2.21. The lowest BCUT2D eigenvalue weighted by molar-refractivity contribution is -0.124. The zero-order chi connectivity index (χ0) is 13.3. The van der Waals surface area contributed by atoms with Crippen molar-refractivity contribution in [3.8, 4) is 0 Å². The third kappa shape index (κ3) is 3.52. The molecule has 4 nitrogen and oxygen atoms in total. The summed E-state index contributed by atoms with van der Waals surface area (Å²) in [7, 11) is -3.18. The SMILES string of the molecule is CC(C(=O)CCS(=O)(=O)C(C)(C)C)C1CNC1. The molecule has 0 aromatic carbocycles. The van der Waals surface area contributed by atoms with Crippen LogP contribution in [0.3, 0.4) is 0 Å². The smallest absolute Gasteiger partial charge is 0.155 e. The number of nitrogens with one attached hydrogen (secondary N) is 1. The Bertz CT molecular complexity index is 377. The van der Waals surface area contributed by atoms with Gasteiger partial charge in [0.1, 0.15) is 5.78 Å². The van der Waals surface area contributed by atoms with Crippen molar-refractivity contribution in [2.75, 3.05) is 18.8 Å². The molecule has 0 saturated carbocycles. The number of carbonyl (C=O) groups excluding carboxylic acids is 1. The second kappa shape index (κ2) is 5.06. The summed E-state index contributed by atoms with van der Waals surface area (Å²) in [6, 6.07) is 0. The first-order valence-electron chi connectivity index (χ1n) is 6.11. The van der Waals surface area contributed by atoms with Gasteiger partial charge in [0.15, 0.2) is 9.84 Å². The average Bonchev–Trinajstić information content (AvgIpc) is 2.09. The molecule has 0 radical (unpaired) electrons. The van der Waals surface area contributed by atoms with Crippen LogP contribution in [0, 0.1) is 11.8 Å². The van der Waals surface area contributed by atoms with Gasteiger partial charge >= 0.3 is 0 Å². The second-order valence-corrected chi connectivity index (χ2v) is 8.72. The molecule has 100 valence electrons. The fraction of sp³-hybridized carbons (Fsp3) is 0.917. The summed E-state index contributed by atoms with van der Waals surface area (Å²) in [4.78, 5) is 11.9. The van der Waals surface area contributed by atoms with Crippen molar-refractivity contribution in [2.45, 2.75) is 38.9 Å². The molecule has 0 aromatic rings. The van der Waals surface area contributed by atoms with E-state index in [4.69, 9.17) is 0 Å².